The van der Waals surface area contributed by atoms with Crippen LogP contribution in [0.15, 0.2) is 60.0 Å². The molecule has 0 fully saturated rings. The number of hydrogen-bond acceptors (Lipinski definition) is 5. The minimum Gasteiger partial charge on any atom is -0.399 e. The van der Waals surface area contributed by atoms with E-state index < -0.39 is 5.91 Å². The molecule has 0 saturated heterocycles. The summed E-state index contributed by atoms with van der Waals surface area (Å²) in [5, 5.41) is 4.58. The Bertz CT molecular complexity index is 1190. The van der Waals surface area contributed by atoms with Gasteiger partial charge in [0.1, 0.15) is 0 Å². The van der Waals surface area contributed by atoms with Gasteiger partial charge < -0.3 is 11.5 Å². The average molecular weight is 430 g/mol. The van der Waals surface area contributed by atoms with E-state index in [4.69, 9.17) is 17.9 Å². The number of nitrogens with two attached hydrogens (primary N) is 2. The van der Waals surface area contributed by atoms with Crippen LogP contribution < -0.4 is 11.5 Å². The Kier molecular flexibility index (Phi) is 5.85. The van der Waals surface area contributed by atoms with Crippen LogP contribution in [0.4, 0.5) is 5.69 Å². The highest BCUT2D eigenvalue weighted by atomic mass is 32.2. The molecule has 0 bridgehead atoms. The monoisotopic (exact) mass is 429 g/mol. The number of carbonyl (C=O) groups is 1. The van der Waals surface area contributed by atoms with Gasteiger partial charge in [0, 0.05) is 28.3 Å². The van der Waals surface area contributed by atoms with Crippen molar-refractivity contribution in [1.82, 2.24) is 14.1 Å². The van der Waals surface area contributed by atoms with E-state index in [2.05, 4.69) is 17.6 Å². The summed E-state index contributed by atoms with van der Waals surface area (Å²) in [5.41, 5.74) is 17.4. The van der Waals surface area contributed by atoms with Gasteiger partial charge in [-0.15, -0.1) is 13.0 Å². The van der Waals surface area contributed by atoms with Crippen molar-refractivity contribution in [3.63, 3.8) is 0 Å². The molecule has 1 aliphatic rings. The molecule has 1 heterocycles. The van der Waals surface area contributed by atoms with E-state index in [9.17, 15) is 4.79 Å². The van der Waals surface area contributed by atoms with Crippen molar-refractivity contribution in [2.75, 3.05) is 18.8 Å². The summed E-state index contributed by atoms with van der Waals surface area (Å²) in [7, 11) is 0. The van der Waals surface area contributed by atoms with Crippen molar-refractivity contribution in [2.24, 2.45) is 5.73 Å². The van der Waals surface area contributed by atoms with Crippen LogP contribution in [0.1, 0.15) is 21.6 Å². The van der Waals surface area contributed by atoms with Crippen LogP contribution in [-0.2, 0) is 12.8 Å². The maximum Gasteiger partial charge on any atom is 0.269 e. The smallest absolute Gasteiger partial charge is 0.269 e. The first-order chi connectivity index (χ1) is 15.0. The number of nitrogen functional groups attached to an aromatic ring is 1. The highest BCUT2D eigenvalue weighted by Gasteiger charge is 2.28. The van der Waals surface area contributed by atoms with Crippen LogP contribution in [0, 0.1) is 12.3 Å². The van der Waals surface area contributed by atoms with Gasteiger partial charge >= 0.3 is 0 Å². The second kappa shape index (κ2) is 8.72. The van der Waals surface area contributed by atoms with Crippen molar-refractivity contribution in [3.05, 3.63) is 71.9 Å². The van der Waals surface area contributed by atoms with E-state index in [0.717, 1.165) is 33.8 Å². The summed E-state index contributed by atoms with van der Waals surface area (Å²) in [6.45, 7) is 4.98. The Labute approximate surface area is 186 Å². The van der Waals surface area contributed by atoms with Gasteiger partial charge in [-0.1, -0.05) is 18.1 Å². The van der Waals surface area contributed by atoms with Gasteiger partial charge in [0.25, 0.3) is 5.91 Å². The molecule has 0 aliphatic heterocycles. The number of rotatable bonds is 7. The predicted octanol–water partition coefficient (Wildman–Crippen LogP) is 3.45. The molecule has 31 heavy (non-hydrogen) atoms. The topological polar surface area (TPSA) is 90.2 Å². The third-order valence-electron chi connectivity index (χ3n) is 5.17. The summed E-state index contributed by atoms with van der Waals surface area (Å²) in [4.78, 5) is 13.1. The molecule has 1 aliphatic carbocycles. The molecule has 0 saturated carbocycles. The number of hydrogen-bond donors (Lipinski definition) is 2. The fraction of sp³-hybridized carbons (Fsp3) is 0.167. The molecule has 0 unspecified atom stereocenters. The van der Waals surface area contributed by atoms with E-state index >= 15 is 0 Å². The van der Waals surface area contributed by atoms with Gasteiger partial charge in [-0.25, -0.2) is 8.99 Å². The van der Waals surface area contributed by atoms with Crippen molar-refractivity contribution >= 4 is 23.5 Å². The SMILES string of the molecule is C#CCN(CC=C)Sc1ccc(-n2nc(C(N)=O)c3c2-c2cc(N)ccc2CC3)cc1. The zero-order valence-electron chi connectivity index (χ0n) is 17.0. The maximum absolute atomic E-state index is 12.1. The van der Waals surface area contributed by atoms with Crippen molar-refractivity contribution in [2.45, 2.75) is 17.7 Å². The zero-order chi connectivity index (χ0) is 22.0. The number of anilines is 1. The van der Waals surface area contributed by atoms with Gasteiger partial charge in [-0.3, -0.25) is 4.79 Å². The summed E-state index contributed by atoms with van der Waals surface area (Å²) in [6.07, 6.45) is 8.81. The van der Waals surface area contributed by atoms with Crippen LogP contribution in [0.3, 0.4) is 0 Å². The molecular formula is C24H23N5OS. The molecule has 156 valence electrons. The summed E-state index contributed by atoms with van der Waals surface area (Å²) in [6, 6.07) is 13.8. The first-order valence-electron chi connectivity index (χ1n) is 9.90. The van der Waals surface area contributed by atoms with Crippen molar-refractivity contribution in [3.8, 4) is 29.3 Å². The number of aryl methyl sites for hydroxylation is 1. The van der Waals surface area contributed by atoms with E-state index in [-0.39, 0.29) is 0 Å². The summed E-state index contributed by atoms with van der Waals surface area (Å²) in [5.74, 6) is 2.14. The molecule has 2 aromatic carbocycles. The largest absolute Gasteiger partial charge is 0.399 e. The normalized spacial score (nSPS) is 12.1. The van der Waals surface area contributed by atoms with E-state index in [1.54, 1.807) is 16.6 Å². The number of primary amides is 1. The third-order valence-corrected chi connectivity index (χ3v) is 6.19. The van der Waals surface area contributed by atoms with Crippen LogP contribution in [0.2, 0.25) is 0 Å². The van der Waals surface area contributed by atoms with E-state index in [1.807, 2.05) is 52.8 Å². The molecular weight excluding hydrogens is 406 g/mol. The molecule has 0 spiro atoms. The zero-order valence-corrected chi connectivity index (χ0v) is 17.9. The summed E-state index contributed by atoms with van der Waals surface area (Å²) < 4.78 is 3.84. The molecule has 6 nitrogen and oxygen atoms in total. The minimum absolute atomic E-state index is 0.313. The lowest BCUT2D eigenvalue weighted by atomic mass is 9.88. The first-order valence-corrected chi connectivity index (χ1v) is 10.7. The second-order valence-corrected chi connectivity index (χ2v) is 8.44. The Hall–Kier alpha value is -3.47. The van der Waals surface area contributed by atoms with Gasteiger partial charge in [0.15, 0.2) is 5.69 Å². The van der Waals surface area contributed by atoms with Gasteiger partial charge in [0.05, 0.1) is 17.9 Å². The molecule has 1 aromatic heterocycles. The van der Waals surface area contributed by atoms with E-state index in [1.165, 1.54) is 5.56 Å². The third kappa shape index (κ3) is 4.08. The lowest BCUT2D eigenvalue weighted by Gasteiger charge is -2.19. The average Bonchev–Trinajstić information content (AvgIpc) is 3.15. The Morgan fingerprint density at radius 3 is 2.74 bits per heavy atom. The van der Waals surface area contributed by atoms with Gasteiger partial charge in [-0.05, 0) is 66.8 Å². The Morgan fingerprint density at radius 2 is 2.06 bits per heavy atom. The molecule has 1 amide bonds. The van der Waals surface area contributed by atoms with Crippen molar-refractivity contribution < 1.29 is 4.79 Å². The van der Waals surface area contributed by atoms with Crippen molar-refractivity contribution in [1.29, 1.82) is 0 Å². The summed E-state index contributed by atoms with van der Waals surface area (Å²) >= 11 is 1.57. The number of aromatic nitrogens is 2. The maximum atomic E-state index is 12.1. The Balaban J connectivity index is 1.75. The standard InChI is InChI=1S/C24H23N5OS/c1-3-13-28(14-4-2)31-19-10-8-18(9-11-19)29-23-20(22(27-29)24(26)30)12-6-16-5-7-17(25)15-21(16)23/h1,4-5,7-11,15H,2,6,12-14,25H2,(H2,26,30). The van der Waals surface area contributed by atoms with Crippen LogP contribution in [-0.4, -0.2) is 33.1 Å². The predicted molar refractivity (Wildman–Crippen MR) is 126 cm³/mol. The molecule has 0 radical (unpaired) electrons. The van der Waals surface area contributed by atoms with E-state index in [0.29, 0.717) is 30.9 Å². The number of benzene rings is 2. The highest BCUT2D eigenvalue weighted by molar-refractivity contribution is 7.97. The number of amides is 1. The van der Waals surface area contributed by atoms with Crippen LogP contribution in [0.25, 0.3) is 16.9 Å². The fourth-order valence-electron chi connectivity index (χ4n) is 3.82. The fourth-order valence-corrected chi connectivity index (χ4v) is 4.69. The number of terminal acetylenes is 1. The Morgan fingerprint density at radius 1 is 1.29 bits per heavy atom. The molecule has 0 atom stereocenters. The lowest BCUT2D eigenvalue weighted by molar-refractivity contribution is 0.0994. The quantitative estimate of drug-likeness (QED) is 0.260. The molecule has 7 heteroatoms. The molecule has 4 rings (SSSR count). The van der Waals surface area contributed by atoms with Gasteiger partial charge in [0.2, 0.25) is 0 Å². The minimum atomic E-state index is -0.524. The molecule has 4 N–H and O–H groups in total. The first kappa shape index (κ1) is 20.8. The number of fused-ring (bicyclic) bond motifs is 3. The van der Waals surface area contributed by atoms with Crippen LogP contribution in [0.5, 0.6) is 0 Å². The molecule has 3 aromatic rings. The second-order valence-electron chi connectivity index (χ2n) is 7.27. The van der Waals surface area contributed by atoms with Gasteiger partial charge in [-0.2, -0.15) is 5.10 Å². The highest BCUT2D eigenvalue weighted by Crippen LogP contribution is 2.38. The van der Waals surface area contributed by atoms with Crippen LogP contribution >= 0.6 is 11.9 Å². The number of nitrogens with zero attached hydrogens (tertiary/aromatic N) is 3. The number of carbonyl (C=O) groups excluding carboxylic acids is 1. The lowest BCUT2D eigenvalue weighted by Crippen LogP contribution is -2.15.